The maximum Gasteiger partial charge on any atom is 0.279 e. The van der Waals surface area contributed by atoms with Gasteiger partial charge in [0, 0.05) is 74.5 Å². The topological polar surface area (TPSA) is 108 Å². The maximum absolute atomic E-state index is 11.9. The van der Waals surface area contributed by atoms with Gasteiger partial charge in [0.15, 0.2) is 0 Å². The van der Waals surface area contributed by atoms with Gasteiger partial charge in [0.05, 0.1) is 43.7 Å². The third-order valence-electron chi connectivity index (χ3n) is 3.29. The molecule has 0 aromatic rings. The summed E-state index contributed by atoms with van der Waals surface area (Å²) in [5, 5.41) is 16.1. The van der Waals surface area contributed by atoms with E-state index in [1.54, 1.807) is 5.55 Å². The van der Waals surface area contributed by atoms with Crippen LogP contribution in [0.5, 0.6) is 0 Å². The van der Waals surface area contributed by atoms with Crippen LogP contribution in [0.4, 0.5) is 4.79 Å². The van der Waals surface area contributed by atoms with E-state index in [1.807, 2.05) is 77.5 Å². The predicted molar refractivity (Wildman–Crippen MR) is 183 cm³/mol. The average Bonchev–Trinajstić information content (AvgIpc) is 2.87. The highest BCUT2D eigenvalue weighted by Gasteiger charge is 2.02. The van der Waals surface area contributed by atoms with Crippen molar-refractivity contribution in [2.45, 2.75) is 6.92 Å². The molecule has 0 spiro atoms. The van der Waals surface area contributed by atoms with Crippen molar-refractivity contribution >= 4 is 132 Å². The highest BCUT2D eigenvalue weighted by Crippen LogP contribution is 2.19. The van der Waals surface area contributed by atoms with Gasteiger partial charge in [-0.25, -0.2) is 0 Å². The molecule has 0 rings (SSSR count). The summed E-state index contributed by atoms with van der Waals surface area (Å²) in [4.78, 5) is 20.0. The first-order valence-corrected chi connectivity index (χ1v) is 22.7. The molecule has 1 amide bonds. The van der Waals surface area contributed by atoms with Crippen LogP contribution in [0, 0.1) is 0 Å². The largest absolute Gasteiger partial charge is 0.386 e. The zero-order chi connectivity index (χ0) is 26.5. The number of aliphatic imine (C=N–C) groups is 2. The summed E-state index contributed by atoms with van der Waals surface area (Å²) in [7, 11) is -2.03. The van der Waals surface area contributed by atoms with E-state index >= 15 is 0 Å². The number of nitrogens with one attached hydrogen (secondary N) is 1. The fourth-order valence-electron chi connectivity index (χ4n) is 1.76. The molecule has 0 aliphatic rings. The highest BCUT2D eigenvalue weighted by atomic mass is 32.2. The summed E-state index contributed by atoms with van der Waals surface area (Å²) in [6, 6.07) is 0. The molecule has 36 heavy (non-hydrogen) atoms. The third-order valence-corrected chi connectivity index (χ3v) is 15.1. The molecule has 7 nitrogen and oxygen atoms in total. The van der Waals surface area contributed by atoms with Gasteiger partial charge >= 0.3 is 0 Å². The fraction of sp³-hybridized carbons (Fsp3) is 0.842. The van der Waals surface area contributed by atoms with Gasteiger partial charge in [-0.15, -0.1) is 58.8 Å². The van der Waals surface area contributed by atoms with E-state index in [0.29, 0.717) is 30.5 Å². The van der Waals surface area contributed by atoms with E-state index < -0.39 is 21.6 Å². The predicted octanol–water partition coefficient (Wildman–Crippen LogP) is 4.87. The number of rotatable bonds is 26. The molecule has 2 N–H and O–H groups in total. The number of aliphatic hydroxyl groups is 1. The molecule has 0 aliphatic heterocycles. The van der Waals surface area contributed by atoms with E-state index in [9.17, 15) is 13.2 Å². The Bertz CT molecular complexity index is 632. The smallest absolute Gasteiger partial charge is 0.279 e. The lowest BCUT2D eigenvalue weighted by Crippen LogP contribution is -2.22. The second kappa shape index (κ2) is 31.4. The van der Waals surface area contributed by atoms with Crippen LogP contribution in [0.1, 0.15) is 6.92 Å². The summed E-state index contributed by atoms with van der Waals surface area (Å²) in [5.41, 5.74) is 3.02. The molecule has 0 saturated carbocycles. The Morgan fingerprint density at radius 2 is 1.44 bits per heavy atom. The lowest BCUT2D eigenvalue weighted by Gasteiger charge is -2.05. The molecular formula is C19H37N3O4S10. The number of hydrogen-bond acceptors (Lipinski definition) is 14. The number of amides is 1. The third kappa shape index (κ3) is 30.4. The molecule has 17 heteroatoms. The van der Waals surface area contributed by atoms with Gasteiger partial charge in [0.2, 0.25) is 0 Å². The first-order valence-electron chi connectivity index (χ1n) is 10.9. The summed E-state index contributed by atoms with van der Waals surface area (Å²) in [6.07, 6.45) is 0. The fourth-order valence-corrected chi connectivity index (χ4v) is 12.0. The molecule has 0 aromatic heterocycles. The van der Waals surface area contributed by atoms with E-state index in [1.165, 1.54) is 29.1 Å². The minimum atomic E-state index is -1.10. The van der Waals surface area contributed by atoms with Gasteiger partial charge in [-0.1, -0.05) is 11.8 Å². The molecular weight excluding hydrogens is 655 g/mol. The van der Waals surface area contributed by atoms with Crippen LogP contribution in [-0.2, 0) is 21.6 Å². The lowest BCUT2D eigenvalue weighted by molar-refractivity contribution is 0.261. The van der Waals surface area contributed by atoms with E-state index in [2.05, 4.69) is 15.3 Å². The number of carbonyl (C=O) groups is 1. The number of hydrogen-bond donors (Lipinski definition) is 2. The number of thioether (sulfide) groups is 8. The van der Waals surface area contributed by atoms with E-state index in [4.69, 9.17) is 5.11 Å². The van der Waals surface area contributed by atoms with Crippen molar-refractivity contribution in [1.29, 1.82) is 0 Å². The van der Waals surface area contributed by atoms with E-state index in [-0.39, 0.29) is 11.2 Å². The van der Waals surface area contributed by atoms with Crippen molar-refractivity contribution in [2.24, 2.45) is 9.98 Å². The summed E-state index contributed by atoms with van der Waals surface area (Å²) in [6.45, 7) is 3.97. The molecule has 0 saturated heterocycles. The average molecular weight is 692 g/mol. The summed E-state index contributed by atoms with van der Waals surface area (Å²) >= 11 is 13.6. The van der Waals surface area contributed by atoms with Crippen molar-refractivity contribution in [3.63, 3.8) is 0 Å². The number of nitrogens with zero attached hydrogens (tertiary/aromatic N) is 2. The first-order chi connectivity index (χ1) is 17.6. The molecule has 0 fully saturated rings. The second-order valence-electron chi connectivity index (χ2n) is 6.11. The van der Waals surface area contributed by atoms with Gasteiger partial charge < -0.3 is 10.4 Å². The Kier molecular flexibility index (Phi) is 33.0. The van der Waals surface area contributed by atoms with Crippen LogP contribution in [-0.4, -0.2) is 115 Å². The minimum Gasteiger partial charge on any atom is -0.386 e. The molecule has 0 bridgehead atoms. The van der Waals surface area contributed by atoms with Crippen LogP contribution in [0.2, 0.25) is 0 Å². The number of carbonyl (C=O) groups excluding carboxylic acids is 1. The Morgan fingerprint density at radius 1 is 0.806 bits per heavy atom. The number of aliphatic hydroxyl groups excluding tert-OH is 1. The SMILES string of the molecule is CCN=CS(=O)CCSCSCSCCSC(=O)NCCSCSCSCCN=CS(=O)CSCO. The zero-order valence-corrected chi connectivity index (χ0v) is 28.6. The van der Waals surface area contributed by atoms with Gasteiger partial charge in [-0.2, -0.15) is 23.5 Å². The summed E-state index contributed by atoms with van der Waals surface area (Å²) in [5.74, 6) is 5.14. The van der Waals surface area contributed by atoms with Crippen LogP contribution >= 0.6 is 94.1 Å². The van der Waals surface area contributed by atoms with Crippen LogP contribution in [0.3, 0.4) is 0 Å². The maximum atomic E-state index is 11.9. The first kappa shape index (κ1) is 37.9. The highest BCUT2D eigenvalue weighted by molar-refractivity contribution is 8.23. The Labute approximate surface area is 255 Å². The molecule has 0 aromatic carbocycles. The Hall–Kier alpha value is 1.87. The van der Waals surface area contributed by atoms with Crippen molar-refractivity contribution in [2.75, 3.05) is 85.5 Å². The second-order valence-corrected chi connectivity index (χ2v) is 19.0. The Balaban J connectivity index is 3.30. The zero-order valence-electron chi connectivity index (χ0n) is 20.4. The van der Waals surface area contributed by atoms with Gasteiger partial charge in [0.25, 0.3) is 5.24 Å². The van der Waals surface area contributed by atoms with Crippen LogP contribution < -0.4 is 5.32 Å². The minimum absolute atomic E-state index is 0.0148. The Morgan fingerprint density at radius 3 is 2.14 bits per heavy atom. The van der Waals surface area contributed by atoms with Gasteiger partial charge in [-0.3, -0.25) is 23.2 Å². The van der Waals surface area contributed by atoms with Gasteiger partial charge in [-0.05, 0) is 6.92 Å². The lowest BCUT2D eigenvalue weighted by atomic mass is 10.8. The molecule has 2 unspecified atom stereocenters. The van der Waals surface area contributed by atoms with Crippen LogP contribution in [0.15, 0.2) is 9.98 Å². The molecule has 212 valence electrons. The molecule has 0 radical (unpaired) electrons. The standard InChI is InChI=1S/C19H37N3O4S10/c1-2-20-11-35(25)10-9-30-17-33-16-29-7-8-34-19(24)22-4-6-28-15-32-14-27-5-3-21-12-36(26)18-31-13-23/h11-12,23H,2-10,13-18H2,1H3,(H,22,24). The normalized spacial score (nSPS) is 13.5. The molecule has 2 atom stereocenters. The van der Waals surface area contributed by atoms with Gasteiger partial charge in [0.1, 0.15) is 0 Å². The van der Waals surface area contributed by atoms with Crippen molar-refractivity contribution in [3.05, 3.63) is 0 Å². The summed E-state index contributed by atoms with van der Waals surface area (Å²) < 4.78 is 23.0. The molecule has 0 aliphatic carbocycles. The van der Waals surface area contributed by atoms with Crippen LogP contribution in [0.25, 0.3) is 0 Å². The monoisotopic (exact) mass is 691 g/mol. The van der Waals surface area contributed by atoms with Crippen molar-refractivity contribution < 1.29 is 18.3 Å². The van der Waals surface area contributed by atoms with Crippen molar-refractivity contribution in [3.8, 4) is 0 Å². The molecule has 0 heterocycles. The van der Waals surface area contributed by atoms with Crippen molar-refractivity contribution in [1.82, 2.24) is 5.32 Å². The van der Waals surface area contributed by atoms with E-state index in [0.717, 1.165) is 49.1 Å². The quantitative estimate of drug-likeness (QED) is 0.0559.